The summed E-state index contributed by atoms with van der Waals surface area (Å²) in [5.41, 5.74) is 5.40. The standard InChI is InChI=1S/C69H128NO8P/c1-3-5-7-9-11-13-15-17-19-21-23-25-27-29-31-33-35-37-39-41-43-45-47-49-51-53-55-57-59-61-68(71)75-65-67(66-77-79(73,74)76-64-63-70)78-69(72)62-60-58-56-54-52-50-48-46-44-42-40-38-36-34-32-30-28-26-24-22-20-18-16-14-12-10-8-6-4-2/h15-18,21-24,28,30,67H,3-14,19-20,25-27,29,31-66,70H2,1-2H3,(H,73,74)/b17-15-,18-16-,23-21-,24-22-,30-28-. The van der Waals surface area contributed by atoms with Crippen molar-refractivity contribution in [2.45, 2.75) is 341 Å². The van der Waals surface area contributed by atoms with E-state index < -0.39 is 26.5 Å². The summed E-state index contributed by atoms with van der Waals surface area (Å²) in [5, 5.41) is 0. The molecule has 3 N–H and O–H groups in total. The molecule has 0 radical (unpaired) electrons. The largest absolute Gasteiger partial charge is 0.472 e. The Morgan fingerprint density at radius 1 is 0.380 bits per heavy atom. The minimum atomic E-state index is -4.39. The van der Waals surface area contributed by atoms with E-state index in [1.54, 1.807) is 0 Å². The monoisotopic (exact) mass is 1130 g/mol. The maximum atomic E-state index is 12.8. The highest BCUT2D eigenvalue weighted by Gasteiger charge is 2.26. The summed E-state index contributed by atoms with van der Waals surface area (Å²) in [6.45, 7) is 3.77. The normalized spacial score (nSPS) is 13.3. The van der Waals surface area contributed by atoms with Crippen molar-refractivity contribution in [3.8, 4) is 0 Å². The van der Waals surface area contributed by atoms with Crippen LogP contribution < -0.4 is 5.73 Å². The van der Waals surface area contributed by atoms with Gasteiger partial charge in [0.1, 0.15) is 6.61 Å². The minimum Gasteiger partial charge on any atom is -0.462 e. The Bertz CT molecular complexity index is 1480. The van der Waals surface area contributed by atoms with Crippen LogP contribution >= 0.6 is 7.82 Å². The molecule has 2 unspecified atom stereocenters. The lowest BCUT2D eigenvalue weighted by molar-refractivity contribution is -0.161. The van der Waals surface area contributed by atoms with E-state index in [4.69, 9.17) is 24.3 Å². The van der Waals surface area contributed by atoms with Gasteiger partial charge in [0.05, 0.1) is 13.2 Å². The predicted molar refractivity (Wildman–Crippen MR) is 340 cm³/mol. The van der Waals surface area contributed by atoms with Crippen molar-refractivity contribution in [3.05, 3.63) is 60.8 Å². The van der Waals surface area contributed by atoms with Crippen molar-refractivity contribution in [2.75, 3.05) is 26.4 Å². The first kappa shape index (κ1) is 76.7. The van der Waals surface area contributed by atoms with Gasteiger partial charge in [0.25, 0.3) is 0 Å². The van der Waals surface area contributed by atoms with Gasteiger partial charge < -0.3 is 20.1 Å². The summed E-state index contributed by atoms with van der Waals surface area (Å²) in [4.78, 5) is 35.3. The van der Waals surface area contributed by atoms with Gasteiger partial charge >= 0.3 is 19.8 Å². The maximum absolute atomic E-state index is 12.8. The highest BCUT2D eigenvalue weighted by atomic mass is 31.2. The van der Waals surface area contributed by atoms with Crippen LogP contribution in [0.1, 0.15) is 335 Å². The third-order valence-corrected chi connectivity index (χ3v) is 15.9. The van der Waals surface area contributed by atoms with Gasteiger partial charge in [0, 0.05) is 19.4 Å². The molecule has 10 heteroatoms. The molecule has 0 spiro atoms. The number of hydrogen-bond acceptors (Lipinski definition) is 8. The van der Waals surface area contributed by atoms with Gasteiger partial charge in [-0.2, -0.15) is 0 Å². The second-order valence-corrected chi connectivity index (χ2v) is 24.1. The Morgan fingerprint density at radius 2 is 0.658 bits per heavy atom. The second-order valence-electron chi connectivity index (χ2n) is 22.7. The molecule has 0 aliphatic rings. The fourth-order valence-corrected chi connectivity index (χ4v) is 10.6. The average Bonchev–Trinajstić information content (AvgIpc) is 3.44. The maximum Gasteiger partial charge on any atom is 0.472 e. The first-order valence-electron chi connectivity index (χ1n) is 33.8. The lowest BCUT2D eigenvalue weighted by Gasteiger charge is -2.19. The predicted octanol–water partition coefficient (Wildman–Crippen LogP) is 21.9. The van der Waals surface area contributed by atoms with Crippen LogP contribution in [0.15, 0.2) is 60.8 Å². The van der Waals surface area contributed by atoms with Crippen LogP contribution in [0.3, 0.4) is 0 Å². The smallest absolute Gasteiger partial charge is 0.462 e. The number of esters is 2. The third kappa shape index (κ3) is 64.7. The van der Waals surface area contributed by atoms with Gasteiger partial charge in [-0.15, -0.1) is 0 Å². The van der Waals surface area contributed by atoms with Crippen LogP contribution in [0, 0.1) is 0 Å². The zero-order valence-corrected chi connectivity index (χ0v) is 52.8. The molecule has 79 heavy (non-hydrogen) atoms. The molecular formula is C69H128NO8P. The van der Waals surface area contributed by atoms with E-state index >= 15 is 0 Å². The summed E-state index contributed by atoms with van der Waals surface area (Å²) in [7, 11) is -4.39. The molecule has 0 aromatic carbocycles. The first-order chi connectivity index (χ1) is 38.8. The van der Waals surface area contributed by atoms with E-state index in [1.165, 1.54) is 244 Å². The molecule has 0 aromatic rings. The molecule has 0 aliphatic heterocycles. The highest BCUT2D eigenvalue weighted by molar-refractivity contribution is 7.47. The first-order valence-corrected chi connectivity index (χ1v) is 35.3. The Labute approximate surface area is 489 Å². The number of carbonyl (C=O) groups excluding carboxylic acids is 2. The molecule has 0 rings (SSSR count). The van der Waals surface area contributed by atoms with Crippen LogP contribution in [0.5, 0.6) is 0 Å². The van der Waals surface area contributed by atoms with Crippen molar-refractivity contribution >= 4 is 19.8 Å². The summed E-state index contributed by atoms with van der Waals surface area (Å²) in [5.74, 6) is -0.814. The number of nitrogens with two attached hydrogens (primary N) is 1. The fourth-order valence-electron chi connectivity index (χ4n) is 9.85. The number of ether oxygens (including phenoxy) is 2. The van der Waals surface area contributed by atoms with Crippen LogP contribution in [0.2, 0.25) is 0 Å². The molecule has 0 heterocycles. The minimum absolute atomic E-state index is 0.0534. The number of carbonyl (C=O) groups is 2. The van der Waals surface area contributed by atoms with E-state index in [0.717, 1.165) is 57.8 Å². The van der Waals surface area contributed by atoms with E-state index in [1.807, 2.05) is 0 Å². The van der Waals surface area contributed by atoms with Gasteiger partial charge in [0.2, 0.25) is 0 Å². The van der Waals surface area contributed by atoms with Crippen molar-refractivity contribution in [1.82, 2.24) is 0 Å². The van der Waals surface area contributed by atoms with Gasteiger partial charge in [-0.3, -0.25) is 18.6 Å². The number of phosphoric ester groups is 1. The fraction of sp³-hybridized carbons (Fsp3) is 0.826. The van der Waals surface area contributed by atoms with Crippen molar-refractivity contribution in [2.24, 2.45) is 5.73 Å². The molecule has 0 saturated carbocycles. The summed E-state index contributed by atoms with van der Waals surface area (Å²) in [6.07, 6.45) is 83.0. The summed E-state index contributed by atoms with van der Waals surface area (Å²) in [6, 6.07) is 0. The third-order valence-electron chi connectivity index (χ3n) is 14.9. The van der Waals surface area contributed by atoms with Crippen LogP contribution in [0.4, 0.5) is 0 Å². The second kappa shape index (κ2) is 64.9. The molecule has 2 atom stereocenters. The molecule has 0 amide bonds. The Kier molecular flexibility index (Phi) is 63.0. The average molecular weight is 1130 g/mol. The van der Waals surface area contributed by atoms with Gasteiger partial charge in [0.15, 0.2) is 6.10 Å². The topological polar surface area (TPSA) is 134 Å². The van der Waals surface area contributed by atoms with E-state index in [-0.39, 0.29) is 38.6 Å². The van der Waals surface area contributed by atoms with Crippen molar-refractivity contribution in [1.29, 1.82) is 0 Å². The number of rotatable bonds is 64. The zero-order chi connectivity index (χ0) is 57.3. The lowest BCUT2D eigenvalue weighted by atomic mass is 10.0. The number of hydrogen-bond donors (Lipinski definition) is 2. The van der Waals surface area contributed by atoms with E-state index in [0.29, 0.717) is 6.42 Å². The molecule has 0 bridgehead atoms. The summed E-state index contributed by atoms with van der Waals surface area (Å²) < 4.78 is 33.2. The molecular weight excluding hydrogens is 1000 g/mol. The van der Waals surface area contributed by atoms with Crippen molar-refractivity contribution in [3.63, 3.8) is 0 Å². The zero-order valence-electron chi connectivity index (χ0n) is 51.9. The van der Waals surface area contributed by atoms with Crippen LogP contribution in [0.25, 0.3) is 0 Å². The molecule has 9 nitrogen and oxygen atoms in total. The molecule has 462 valence electrons. The van der Waals surface area contributed by atoms with Gasteiger partial charge in [-0.1, -0.05) is 299 Å². The molecule has 0 fully saturated rings. The quantitative estimate of drug-likeness (QED) is 0.0264. The van der Waals surface area contributed by atoms with E-state index in [2.05, 4.69) is 74.6 Å². The highest BCUT2D eigenvalue weighted by Crippen LogP contribution is 2.43. The van der Waals surface area contributed by atoms with Crippen LogP contribution in [-0.4, -0.2) is 49.3 Å². The Morgan fingerprint density at radius 3 is 0.975 bits per heavy atom. The lowest BCUT2D eigenvalue weighted by Crippen LogP contribution is -2.29. The Balaban J connectivity index is 3.88. The molecule has 0 aliphatic carbocycles. The number of unbranched alkanes of at least 4 members (excludes halogenated alkanes) is 41. The molecule has 0 saturated heterocycles. The van der Waals surface area contributed by atoms with Crippen LogP contribution in [-0.2, 0) is 32.7 Å². The van der Waals surface area contributed by atoms with E-state index in [9.17, 15) is 19.0 Å². The van der Waals surface area contributed by atoms with Gasteiger partial charge in [-0.25, -0.2) is 4.57 Å². The molecule has 0 aromatic heterocycles. The number of allylic oxidation sites excluding steroid dienone is 10. The Hall–Kier alpha value is -2.29. The van der Waals surface area contributed by atoms with Gasteiger partial charge in [-0.05, 0) is 83.5 Å². The SMILES string of the molecule is CCCCCCC/C=C\C/C=C\C/C=C\CCCCCCCCCCCCCCCCC(=O)OC(COC(=O)CCCCCCCCCCCCCCCCCCC/C=C\C/C=C\CCCCCCC)COP(=O)(O)OCCN. The summed E-state index contributed by atoms with van der Waals surface area (Å²) >= 11 is 0. The number of phosphoric acid groups is 1. The van der Waals surface area contributed by atoms with Crippen molar-refractivity contribution < 1.29 is 37.6 Å².